The predicted octanol–water partition coefficient (Wildman–Crippen LogP) is 4.23. The Balaban J connectivity index is 1.37. The minimum absolute atomic E-state index is 0.134. The maximum Gasteiger partial charge on any atom is 0.392 e. The Morgan fingerprint density at radius 3 is 2.63 bits per heavy atom. The van der Waals surface area contributed by atoms with Gasteiger partial charge < -0.3 is 15.6 Å². The van der Waals surface area contributed by atoms with E-state index in [4.69, 9.17) is 10.3 Å². The number of hydrogen-bond donors (Lipinski definition) is 2. The van der Waals surface area contributed by atoms with Gasteiger partial charge in [-0.15, -0.1) is 0 Å². The Hall–Kier alpha value is -3.76. The first-order chi connectivity index (χ1) is 16.7. The molecule has 3 atom stereocenters. The van der Waals surface area contributed by atoms with Crippen LogP contribution in [0.3, 0.4) is 0 Å². The minimum atomic E-state index is -4.36. The minimum Gasteiger partial charge on any atom is -0.361 e. The number of aromatic nitrogens is 3. The molecule has 1 saturated carbocycles. The van der Waals surface area contributed by atoms with Crippen molar-refractivity contribution in [2.45, 2.75) is 44.2 Å². The van der Waals surface area contributed by atoms with Gasteiger partial charge in [0.2, 0.25) is 5.91 Å². The van der Waals surface area contributed by atoms with Crippen LogP contribution in [0, 0.1) is 11.8 Å². The zero-order chi connectivity index (χ0) is 24.7. The molecule has 0 saturated heterocycles. The number of carbonyl (C=O) groups is 2. The Kier molecular flexibility index (Phi) is 5.78. The van der Waals surface area contributed by atoms with Gasteiger partial charge >= 0.3 is 18.0 Å². The number of nitrogens with zero attached hydrogens (tertiary/aromatic N) is 3. The van der Waals surface area contributed by atoms with Crippen LogP contribution in [0.2, 0.25) is 0 Å². The van der Waals surface area contributed by atoms with Gasteiger partial charge in [0.05, 0.1) is 11.8 Å². The molecule has 2 aliphatic rings. The van der Waals surface area contributed by atoms with Crippen molar-refractivity contribution in [1.29, 1.82) is 0 Å². The number of rotatable bonds is 5. The number of carbonyl (C=O) groups excluding carboxylic acids is 2. The van der Waals surface area contributed by atoms with Gasteiger partial charge in [-0.1, -0.05) is 29.8 Å². The van der Waals surface area contributed by atoms with Crippen LogP contribution in [0.5, 0.6) is 0 Å². The number of anilines is 1. The molecule has 11 heteroatoms. The zero-order valence-electron chi connectivity index (χ0n) is 18.5. The second-order valence-corrected chi connectivity index (χ2v) is 8.94. The highest BCUT2D eigenvalue weighted by Gasteiger charge is 2.58. The van der Waals surface area contributed by atoms with Crippen LogP contribution in [-0.4, -0.2) is 33.1 Å². The topological polar surface area (TPSA) is 124 Å². The van der Waals surface area contributed by atoms with Gasteiger partial charge in [0.1, 0.15) is 5.82 Å². The molecule has 5 rings (SSSR count). The van der Waals surface area contributed by atoms with Crippen molar-refractivity contribution in [3.05, 3.63) is 59.4 Å². The number of pyridine rings is 1. The molecular formula is C24H22F3N5O3. The molecule has 0 aliphatic heterocycles. The number of aryl methyl sites for hydroxylation is 1. The van der Waals surface area contributed by atoms with Crippen molar-refractivity contribution < 1.29 is 27.3 Å². The number of alkyl halides is 3. The normalized spacial score (nSPS) is 21.6. The van der Waals surface area contributed by atoms with Gasteiger partial charge in [-0.05, 0) is 60.1 Å². The van der Waals surface area contributed by atoms with Crippen molar-refractivity contribution in [3.63, 3.8) is 0 Å². The number of benzene rings is 1. The molecule has 35 heavy (non-hydrogen) atoms. The highest BCUT2D eigenvalue weighted by Crippen LogP contribution is 2.50. The summed E-state index contributed by atoms with van der Waals surface area (Å²) in [7, 11) is 0. The first kappa shape index (κ1) is 23.0. The van der Waals surface area contributed by atoms with Gasteiger partial charge in [0, 0.05) is 12.1 Å². The summed E-state index contributed by atoms with van der Waals surface area (Å²) in [5.74, 6) is -3.82. The van der Waals surface area contributed by atoms with E-state index in [1.165, 1.54) is 6.20 Å². The standard InChI is InChI=1S/C24H22F3N5O3/c25-24(26,27)18-11-17(18)22(34)30-19-10-13(7-8-29-19)12-5-6-15-14(9-12)3-1-2-4-16(15)21-31-23(20(28)33)35-32-21/h5-10,16-18H,1-4,11H2,(H2,28,33)(H,29,30,34)/t16-,17+,18-/m1/s1. The molecule has 1 fully saturated rings. The largest absolute Gasteiger partial charge is 0.392 e. The van der Waals surface area contributed by atoms with E-state index in [0.29, 0.717) is 5.82 Å². The number of primary amides is 1. The summed E-state index contributed by atoms with van der Waals surface area (Å²) in [6, 6.07) is 9.38. The molecule has 182 valence electrons. The fraction of sp³-hybridized carbons (Fsp3) is 0.375. The van der Waals surface area contributed by atoms with E-state index in [1.54, 1.807) is 12.1 Å². The lowest BCUT2D eigenvalue weighted by Crippen LogP contribution is -2.20. The van der Waals surface area contributed by atoms with E-state index in [0.717, 1.165) is 47.9 Å². The van der Waals surface area contributed by atoms with Crippen LogP contribution in [0.25, 0.3) is 11.1 Å². The van der Waals surface area contributed by atoms with Crippen molar-refractivity contribution >= 4 is 17.6 Å². The van der Waals surface area contributed by atoms with Gasteiger partial charge in [0.25, 0.3) is 0 Å². The lowest BCUT2D eigenvalue weighted by atomic mass is 9.90. The molecule has 0 radical (unpaired) electrons. The van der Waals surface area contributed by atoms with E-state index >= 15 is 0 Å². The number of halogens is 3. The maximum atomic E-state index is 12.8. The summed E-state index contributed by atoms with van der Waals surface area (Å²) < 4.78 is 43.3. The fourth-order valence-electron chi connectivity index (χ4n) is 4.65. The van der Waals surface area contributed by atoms with E-state index in [-0.39, 0.29) is 24.0 Å². The molecule has 3 N–H and O–H groups in total. The number of nitrogens with two attached hydrogens (primary N) is 1. The van der Waals surface area contributed by atoms with Crippen molar-refractivity contribution in [2.75, 3.05) is 5.32 Å². The number of fused-ring (bicyclic) bond motifs is 1. The SMILES string of the molecule is NC(=O)c1nc([C@@H]2CCCCc3cc(-c4ccnc(NC(=O)[C@H]5C[C@H]5C(F)(F)F)c4)ccc32)no1. The summed E-state index contributed by atoms with van der Waals surface area (Å²) in [4.78, 5) is 31.8. The smallest absolute Gasteiger partial charge is 0.361 e. The average Bonchev–Trinajstić information content (AvgIpc) is 3.55. The molecule has 2 aliphatic carbocycles. The third-order valence-corrected chi connectivity index (χ3v) is 6.56. The Labute approximate surface area is 198 Å². The number of amides is 2. The summed E-state index contributed by atoms with van der Waals surface area (Å²) in [6.45, 7) is 0. The number of hydrogen-bond acceptors (Lipinski definition) is 6. The molecule has 2 heterocycles. The highest BCUT2D eigenvalue weighted by molar-refractivity contribution is 5.94. The van der Waals surface area contributed by atoms with E-state index < -0.39 is 29.8 Å². The van der Waals surface area contributed by atoms with Gasteiger partial charge in [-0.3, -0.25) is 9.59 Å². The van der Waals surface area contributed by atoms with Crippen molar-refractivity contribution in [3.8, 4) is 11.1 Å². The molecule has 2 aromatic heterocycles. The van der Waals surface area contributed by atoms with E-state index in [9.17, 15) is 22.8 Å². The summed E-state index contributed by atoms with van der Waals surface area (Å²) in [6.07, 6.45) is 0.513. The maximum absolute atomic E-state index is 12.8. The van der Waals surface area contributed by atoms with E-state index in [2.05, 4.69) is 20.4 Å². The first-order valence-corrected chi connectivity index (χ1v) is 11.3. The van der Waals surface area contributed by atoms with Crippen molar-refractivity contribution in [2.24, 2.45) is 17.6 Å². The third kappa shape index (κ3) is 4.75. The van der Waals surface area contributed by atoms with E-state index in [1.807, 2.05) is 18.2 Å². The van der Waals surface area contributed by atoms with Crippen LogP contribution < -0.4 is 11.1 Å². The van der Waals surface area contributed by atoms with Crippen LogP contribution in [0.15, 0.2) is 41.1 Å². The Bertz CT molecular complexity index is 1290. The summed E-state index contributed by atoms with van der Waals surface area (Å²) in [5, 5.41) is 6.47. The fourth-order valence-corrected chi connectivity index (χ4v) is 4.65. The molecule has 0 spiro atoms. The average molecular weight is 485 g/mol. The molecule has 2 amide bonds. The monoisotopic (exact) mass is 485 g/mol. The van der Waals surface area contributed by atoms with Gasteiger partial charge in [-0.25, -0.2) is 4.98 Å². The molecular weight excluding hydrogens is 463 g/mol. The molecule has 0 unspecified atom stereocenters. The third-order valence-electron chi connectivity index (χ3n) is 6.56. The lowest BCUT2D eigenvalue weighted by molar-refractivity contribution is -0.153. The van der Waals surface area contributed by atoms with Crippen LogP contribution >= 0.6 is 0 Å². The molecule has 3 aromatic rings. The molecule has 1 aromatic carbocycles. The van der Waals surface area contributed by atoms with Crippen LogP contribution in [-0.2, 0) is 11.2 Å². The number of nitrogens with one attached hydrogen (secondary N) is 1. The summed E-state index contributed by atoms with van der Waals surface area (Å²) in [5.41, 5.74) is 9.04. The first-order valence-electron chi connectivity index (χ1n) is 11.3. The molecule has 0 bridgehead atoms. The summed E-state index contributed by atoms with van der Waals surface area (Å²) >= 11 is 0. The zero-order valence-corrected chi connectivity index (χ0v) is 18.5. The Morgan fingerprint density at radius 1 is 1.11 bits per heavy atom. The van der Waals surface area contributed by atoms with Crippen LogP contribution in [0.1, 0.15) is 59.2 Å². The molecule has 8 nitrogen and oxygen atoms in total. The van der Waals surface area contributed by atoms with Crippen LogP contribution in [0.4, 0.5) is 19.0 Å². The quantitative estimate of drug-likeness (QED) is 0.522. The van der Waals surface area contributed by atoms with Crippen molar-refractivity contribution in [1.82, 2.24) is 15.1 Å². The predicted molar refractivity (Wildman–Crippen MR) is 118 cm³/mol. The lowest BCUT2D eigenvalue weighted by Gasteiger charge is -2.16. The highest BCUT2D eigenvalue weighted by atomic mass is 19.4. The van der Waals surface area contributed by atoms with Gasteiger partial charge in [-0.2, -0.15) is 18.2 Å². The second kappa shape index (κ2) is 8.79. The Morgan fingerprint density at radius 2 is 1.91 bits per heavy atom. The van der Waals surface area contributed by atoms with Gasteiger partial charge in [0.15, 0.2) is 5.82 Å². The second-order valence-electron chi connectivity index (χ2n) is 8.94.